The summed E-state index contributed by atoms with van der Waals surface area (Å²) >= 11 is 0. The van der Waals surface area contributed by atoms with Gasteiger partial charge in [-0.1, -0.05) is 0 Å². The lowest BCUT2D eigenvalue weighted by molar-refractivity contribution is -0.140. The number of amides is 1. The zero-order valence-electron chi connectivity index (χ0n) is 10.9. The third-order valence-electron chi connectivity index (χ3n) is 3.23. The number of aromatic nitrogens is 2. The molecule has 1 amide bonds. The van der Waals surface area contributed by atoms with Gasteiger partial charge in [0, 0.05) is 18.0 Å². The fourth-order valence-corrected chi connectivity index (χ4v) is 2.05. The van der Waals surface area contributed by atoms with E-state index in [4.69, 9.17) is 0 Å². The molecule has 0 radical (unpaired) electrons. The molecule has 1 atom stereocenters. The summed E-state index contributed by atoms with van der Waals surface area (Å²) in [5.74, 6) is -0.529. The molecule has 0 spiro atoms. The SMILES string of the molecule is COC(=O)C1CN1C(=O)c1ccc(-n2cccn2)cc1. The molecule has 2 aromatic rings. The van der Waals surface area contributed by atoms with Crippen molar-refractivity contribution in [2.75, 3.05) is 13.7 Å². The van der Waals surface area contributed by atoms with E-state index in [1.165, 1.54) is 12.0 Å². The first-order valence-corrected chi connectivity index (χ1v) is 6.19. The molecule has 1 aromatic heterocycles. The molecule has 1 aliphatic heterocycles. The number of benzene rings is 1. The van der Waals surface area contributed by atoms with Crippen LogP contribution >= 0.6 is 0 Å². The molecule has 0 N–H and O–H groups in total. The van der Waals surface area contributed by atoms with Crippen LogP contribution in [0.15, 0.2) is 42.7 Å². The van der Waals surface area contributed by atoms with Gasteiger partial charge < -0.3 is 9.64 Å². The van der Waals surface area contributed by atoms with Gasteiger partial charge in [-0.25, -0.2) is 9.48 Å². The van der Waals surface area contributed by atoms with Crippen molar-refractivity contribution in [1.29, 1.82) is 0 Å². The molecule has 0 bridgehead atoms. The van der Waals surface area contributed by atoms with E-state index in [9.17, 15) is 9.59 Å². The van der Waals surface area contributed by atoms with Gasteiger partial charge in [-0.15, -0.1) is 0 Å². The van der Waals surface area contributed by atoms with Crippen LogP contribution in [0, 0.1) is 0 Å². The summed E-state index contributed by atoms with van der Waals surface area (Å²) in [6.45, 7) is 0.423. The van der Waals surface area contributed by atoms with Crippen LogP contribution in [0.5, 0.6) is 0 Å². The minimum absolute atomic E-state index is 0.160. The average Bonchev–Trinajstić information content (AvgIpc) is 3.10. The highest BCUT2D eigenvalue weighted by molar-refractivity contribution is 6.00. The Labute approximate surface area is 115 Å². The van der Waals surface area contributed by atoms with E-state index >= 15 is 0 Å². The number of hydrogen-bond donors (Lipinski definition) is 0. The van der Waals surface area contributed by atoms with Crippen molar-refractivity contribution in [2.24, 2.45) is 0 Å². The zero-order valence-corrected chi connectivity index (χ0v) is 10.9. The first kappa shape index (κ1) is 12.4. The zero-order chi connectivity index (χ0) is 14.1. The van der Waals surface area contributed by atoms with Crippen LogP contribution in [0.1, 0.15) is 10.4 Å². The summed E-state index contributed by atoms with van der Waals surface area (Å²) in [7, 11) is 1.32. The van der Waals surface area contributed by atoms with Crippen LogP contribution in [-0.4, -0.2) is 46.3 Å². The first-order chi connectivity index (χ1) is 9.70. The smallest absolute Gasteiger partial charge is 0.330 e. The molecule has 3 rings (SSSR count). The molecule has 0 saturated carbocycles. The normalized spacial score (nSPS) is 16.9. The highest BCUT2D eigenvalue weighted by Gasteiger charge is 2.45. The summed E-state index contributed by atoms with van der Waals surface area (Å²) in [5, 5.41) is 4.11. The number of ether oxygens (including phenoxy) is 1. The third kappa shape index (κ3) is 2.16. The van der Waals surface area contributed by atoms with Gasteiger partial charge >= 0.3 is 5.97 Å². The van der Waals surface area contributed by atoms with E-state index in [1.807, 2.05) is 24.4 Å². The second-order valence-corrected chi connectivity index (χ2v) is 4.49. The van der Waals surface area contributed by atoms with Crippen molar-refractivity contribution < 1.29 is 14.3 Å². The average molecular weight is 271 g/mol. The minimum Gasteiger partial charge on any atom is -0.467 e. The van der Waals surface area contributed by atoms with Gasteiger partial charge in [0.05, 0.1) is 19.3 Å². The predicted octanol–water partition coefficient (Wildman–Crippen LogP) is 0.870. The highest BCUT2D eigenvalue weighted by atomic mass is 16.5. The quantitative estimate of drug-likeness (QED) is 0.614. The Morgan fingerprint density at radius 2 is 2.05 bits per heavy atom. The van der Waals surface area contributed by atoms with Crippen LogP contribution < -0.4 is 0 Å². The third-order valence-corrected chi connectivity index (χ3v) is 3.23. The van der Waals surface area contributed by atoms with Gasteiger partial charge in [-0.05, 0) is 30.3 Å². The molecular weight excluding hydrogens is 258 g/mol. The van der Waals surface area contributed by atoms with E-state index in [2.05, 4.69) is 9.84 Å². The first-order valence-electron chi connectivity index (χ1n) is 6.19. The Bertz CT molecular complexity index is 634. The van der Waals surface area contributed by atoms with Gasteiger partial charge in [-0.3, -0.25) is 4.79 Å². The molecular formula is C14H13N3O3. The van der Waals surface area contributed by atoms with Gasteiger partial charge in [-0.2, -0.15) is 5.10 Å². The Morgan fingerprint density at radius 1 is 1.30 bits per heavy atom. The number of carbonyl (C=O) groups is 2. The monoisotopic (exact) mass is 271 g/mol. The molecule has 6 heteroatoms. The van der Waals surface area contributed by atoms with Crippen LogP contribution in [0.4, 0.5) is 0 Å². The number of methoxy groups -OCH3 is 1. The molecule has 0 aliphatic carbocycles. The maximum Gasteiger partial charge on any atom is 0.330 e. The van der Waals surface area contributed by atoms with Crippen molar-refractivity contribution in [3.63, 3.8) is 0 Å². The summed E-state index contributed by atoms with van der Waals surface area (Å²) < 4.78 is 6.33. The van der Waals surface area contributed by atoms with Gasteiger partial charge in [0.1, 0.15) is 6.04 Å². The molecule has 1 fully saturated rings. The standard InChI is InChI=1S/C14H13N3O3/c1-20-14(19)12-9-16(12)13(18)10-3-5-11(6-4-10)17-8-2-7-15-17/h2-8,12H,9H2,1H3. The maximum absolute atomic E-state index is 12.1. The number of rotatable bonds is 3. The molecule has 20 heavy (non-hydrogen) atoms. The second kappa shape index (κ2) is 4.80. The summed E-state index contributed by atoms with van der Waals surface area (Å²) in [6.07, 6.45) is 3.52. The maximum atomic E-state index is 12.1. The van der Waals surface area contributed by atoms with Crippen molar-refractivity contribution >= 4 is 11.9 Å². The van der Waals surface area contributed by atoms with E-state index in [-0.39, 0.29) is 11.9 Å². The fraction of sp³-hybridized carbons (Fsp3) is 0.214. The number of nitrogens with zero attached hydrogens (tertiary/aromatic N) is 3. The molecule has 1 unspecified atom stereocenters. The van der Waals surface area contributed by atoms with E-state index in [0.717, 1.165) is 5.69 Å². The van der Waals surface area contributed by atoms with Crippen LogP contribution in [0.2, 0.25) is 0 Å². The van der Waals surface area contributed by atoms with E-state index in [0.29, 0.717) is 12.1 Å². The lowest BCUT2D eigenvalue weighted by atomic mass is 10.2. The number of hydrogen-bond acceptors (Lipinski definition) is 4. The van der Waals surface area contributed by atoms with Crippen LogP contribution in [0.3, 0.4) is 0 Å². The summed E-state index contributed by atoms with van der Waals surface area (Å²) in [6, 6.07) is 8.49. The van der Waals surface area contributed by atoms with Gasteiger partial charge in [0.2, 0.25) is 0 Å². The summed E-state index contributed by atoms with van der Waals surface area (Å²) in [5.41, 5.74) is 1.43. The predicted molar refractivity (Wildman–Crippen MR) is 70.4 cm³/mol. The molecule has 2 heterocycles. The van der Waals surface area contributed by atoms with E-state index < -0.39 is 6.04 Å². The Hall–Kier alpha value is -2.63. The topological polar surface area (TPSA) is 64.2 Å². The van der Waals surface area contributed by atoms with Crippen LogP contribution in [-0.2, 0) is 9.53 Å². The molecule has 1 aromatic carbocycles. The van der Waals surface area contributed by atoms with Gasteiger partial charge in [0.15, 0.2) is 0 Å². The Kier molecular flexibility index (Phi) is 2.98. The lowest BCUT2D eigenvalue weighted by Crippen LogP contribution is -2.19. The number of esters is 1. The summed E-state index contributed by atoms with van der Waals surface area (Å²) in [4.78, 5) is 24.9. The van der Waals surface area contributed by atoms with E-state index in [1.54, 1.807) is 23.0 Å². The van der Waals surface area contributed by atoms with Crippen molar-refractivity contribution in [1.82, 2.24) is 14.7 Å². The Balaban J connectivity index is 1.73. The number of carbonyl (C=O) groups excluding carboxylic acids is 2. The molecule has 102 valence electrons. The van der Waals surface area contributed by atoms with Crippen molar-refractivity contribution in [3.05, 3.63) is 48.3 Å². The van der Waals surface area contributed by atoms with Crippen LogP contribution in [0.25, 0.3) is 5.69 Å². The largest absolute Gasteiger partial charge is 0.467 e. The minimum atomic E-state index is -0.432. The van der Waals surface area contributed by atoms with Gasteiger partial charge in [0.25, 0.3) is 5.91 Å². The van der Waals surface area contributed by atoms with Crippen molar-refractivity contribution in [2.45, 2.75) is 6.04 Å². The highest BCUT2D eigenvalue weighted by Crippen LogP contribution is 2.22. The molecule has 6 nitrogen and oxygen atoms in total. The molecule has 1 saturated heterocycles. The lowest BCUT2D eigenvalue weighted by Gasteiger charge is -2.05. The molecule has 1 aliphatic rings. The van der Waals surface area contributed by atoms with Crippen molar-refractivity contribution in [3.8, 4) is 5.69 Å². The Morgan fingerprint density at radius 3 is 2.65 bits per heavy atom. The second-order valence-electron chi connectivity index (χ2n) is 4.49. The fourth-order valence-electron chi connectivity index (χ4n) is 2.05.